The van der Waals surface area contributed by atoms with Gasteiger partial charge in [-0.15, -0.1) is 0 Å². The minimum Gasteiger partial charge on any atom is -0.439 e. The summed E-state index contributed by atoms with van der Waals surface area (Å²) in [4.78, 5) is 15.3. The van der Waals surface area contributed by atoms with E-state index in [1.165, 1.54) is 0 Å². The summed E-state index contributed by atoms with van der Waals surface area (Å²) in [7, 11) is 0. The molecule has 6 nitrogen and oxygen atoms in total. The van der Waals surface area contributed by atoms with Crippen molar-refractivity contribution in [2.45, 2.75) is 13.0 Å². The second-order valence-corrected chi connectivity index (χ2v) is 5.29. The third-order valence-corrected chi connectivity index (χ3v) is 3.81. The summed E-state index contributed by atoms with van der Waals surface area (Å²) in [6.45, 7) is 1.40. The third kappa shape index (κ3) is 2.53. The molecule has 0 atom stereocenters. The number of hydrogen-bond donors (Lipinski definition) is 0. The van der Waals surface area contributed by atoms with Crippen molar-refractivity contribution in [2.75, 3.05) is 11.4 Å². The lowest BCUT2D eigenvalue weighted by Gasteiger charge is -2.26. The van der Waals surface area contributed by atoms with E-state index in [4.69, 9.17) is 9.68 Å². The van der Waals surface area contributed by atoms with Gasteiger partial charge in [0.2, 0.25) is 5.89 Å². The van der Waals surface area contributed by atoms with Gasteiger partial charge in [0.25, 0.3) is 0 Å². The molecule has 0 amide bonds. The second-order valence-electron chi connectivity index (χ2n) is 5.29. The number of nitriles is 1. The second kappa shape index (κ2) is 5.54. The van der Waals surface area contributed by atoms with E-state index in [1.54, 1.807) is 24.5 Å². The molecule has 0 aliphatic carbocycles. The topological polar surface area (TPSA) is 78.8 Å². The Labute approximate surface area is 133 Å². The molecule has 0 fully saturated rings. The van der Waals surface area contributed by atoms with Crippen molar-refractivity contribution < 1.29 is 4.42 Å². The van der Waals surface area contributed by atoms with E-state index >= 15 is 0 Å². The van der Waals surface area contributed by atoms with Crippen LogP contribution in [0.3, 0.4) is 0 Å². The lowest BCUT2D eigenvalue weighted by atomic mass is 10.1. The average molecular weight is 303 g/mol. The molecule has 0 saturated heterocycles. The molecule has 0 N–H and O–H groups in total. The molecule has 1 aliphatic heterocycles. The van der Waals surface area contributed by atoms with Crippen LogP contribution in [0.25, 0.3) is 11.6 Å². The summed E-state index contributed by atoms with van der Waals surface area (Å²) >= 11 is 0. The molecule has 4 heterocycles. The zero-order chi connectivity index (χ0) is 15.6. The van der Waals surface area contributed by atoms with Crippen LogP contribution >= 0.6 is 0 Å². The number of aromatic nitrogens is 3. The highest BCUT2D eigenvalue weighted by molar-refractivity contribution is 5.50. The van der Waals surface area contributed by atoms with Crippen molar-refractivity contribution in [3.05, 3.63) is 59.7 Å². The molecule has 112 valence electrons. The fourth-order valence-corrected chi connectivity index (χ4v) is 2.65. The fourth-order valence-electron chi connectivity index (χ4n) is 2.65. The van der Waals surface area contributed by atoms with Crippen LogP contribution in [0, 0.1) is 11.3 Å². The minimum atomic E-state index is 0.552. The van der Waals surface area contributed by atoms with Crippen molar-refractivity contribution in [3.8, 4) is 17.7 Å². The lowest BCUT2D eigenvalue weighted by molar-refractivity contribution is 0.497. The Morgan fingerprint density at radius 1 is 1.17 bits per heavy atom. The van der Waals surface area contributed by atoms with Crippen LogP contribution in [-0.4, -0.2) is 21.5 Å². The van der Waals surface area contributed by atoms with Gasteiger partial charge in [-0.3, -0.25) is 4.98 Å². The monoisotopic (exact) mass is 303 g/mol. The summed E-state index contributed by atoms with van der Waals surface area (Å²) in [5, 5.41) is 9.02. The standard InChI is InChI=1S/C17H13N5O/c18-10-12-4-7-20-16(9-12)22-8-5-15-14(11-22)21-17(23-15)13-3-1-2-6-19-13/h1-4,6-7,9H,5,8,11H2. The van der Waals surface area contributed by atoms with E-state index in [0.29, 0.717) is 18.0 Å². The Hall–Kier alpha value is -3.20. The molecule has 1 aliphatic rings. The largest absolute Gasteiger partial charge is 0.439 e. The Morgan fingerprint density at radius 3 is 2.96 bits per heavy atom. The average Bonchev–Trinajstić information content (AvgIpc) is 3.06. The van der Waals surface area contributed by atoms with Crippen LogP contribution in [0.5, 0.6) is 0 Å². The zero-order valence-electron chi connectivity index (χ0n) is 12.3. The predicted octanol–water partition coefficient (Wildman–Crippen LogP) is 2.57. The quantitative estimate of drug-likeness (QED) is 0.724. The van der Waals surface area contributed by atoms with Gasteiger partial charge in [-0.05, 0) is 24.3 Å². The van der Waals surface area contributed by atoms with E-state index in [9.17, 15) is 0 Å². The molecule has 0 unspecified atom stereocenters. The Balaban J connectivity index is 1.62. The maximum absolute atomic E-state index is 9.02. The molecule has 0 radical (unpaired) electrons. The first-order valence-electron chi connectivity index (χ1n) is 7.34. The zero-order valence-corrected chi connectivity index (χ0v) is 12.3. The number of rotatable bonds is 2. The number of oxazole rings is 1. The lowest BCUT2D eigenvalue weighted by Crippen LogP contribution is -2.30. The van der Waals surface area contributed by atoms with Crippen molar-refractivity contribution in [3.63, 3.8) is 0 Å². The smallest absolute Gasteiger partial charge is 0.245 e. The SMILES string of the molecule is N#Cc1ccnc(N2CCc3oc(-c4ccccn4)nc3C2)c1. The van der Waals surface area contributed by atoms with Crippen LogP contribution < -0.4 is 4.90 Å². The summed E-state index contributed by atoms with van der Waals surface area (Å²) in [6.07, 6.45) is 4.14. The van der Waals surface area contributed by atoms with Crippen molar-refractivity contribution in [2.24, 2.45) is 0 Å². The molecule has 4 rings (SSSR count). The van der Waals surface area contributed by atoms with E-state index in [2.05, 4.69) is 25.9 Å². The highest BCUT2D eigenvalue weighted by Gasteiger charge is 2.24. The molecule has 0 bridgehead atoms. The van der Waals surface area contributed by atoms with Gasteiger partial charge < -0.3 is 9.32 Å². The Bertz CT molecular complexity index is 881. The van der Waals surface area contributed by atoms with Crippen LogP contribution in [0.2, 0.25) is 0 Å². The maximum Gasteiger partial charge on any atom is 0.245 e. The first-order valence-corrected chi connectivity index (χ1v) is 7.34. The summed E-state index contributed by atoms with van der Waals surface area (Å²) in [5.74, 6) is 2.24. The van der Waals surface area contributed by atoms with Gasteiger partial charge in [0.1, 0.15) is 23.0 Å². The molecule has 6 heteroatoms. The Kier molecular flexibility index (Phi) is 3.24. The van der Waals surface area contributed by atoms with E-state index < -0.39 is 0 Å². The number of fused-ring (bicyclic) bond motifs is 1. The molecular formula is C17H13N5O. The molecule has 3 aromatic rings. The Morgan fingerprint density at radius 2 is 2.13 bits per heavy atom. The number of anilines is 1. The first-order chi connectivity index (χ1) is 11.3. The number of pyridine rings is 2. The van der Waals surface area contributed by atoms with E-state index in [0.717, 1.165) is 35.9 Å². The van der Waals surface area contributed by atoms with E-state index in [-0.39, 0.29) is 0 Å². The maximum atomic E-state index is 9.02. The molecule has 0 spiro atoms. The molecule has 23 heavy (non-hydrogen) atoms. The van der Waals surface area contributed by atoms with E-state index in [1.807, 2.05) is 18.2 Å². The summed E-state index contributed by atoms with van der Waals surface area (Å²) in [6, 6.07) is 11.3. The highest BCUT2D eigenvalue weighted by Crippen LogP contribution is 2.27. The number of hydrogen-bond acceptors (Lipinski definition) is 6. The van der Waals surface area contributed by atoms with Gasteiger partial charge in [-0.2, -0.15) is 5.26 Å². The van der Waals surface area contributed by atoms with Crippen molar-refractivity contribution >= 4 is 5.82 Å². The van der Waals surface area contributed by atoms with Gasteiger partial charge in [-0.25, -0.2) is 9.97 Å². The van der Waals surface area contributed by atoms with Gasteiger partial charge in [-0.1, -0.05) is 6.07 Å². The third-order valence-electron chi connectivity index (χ3n) is 3.81. The molecular weight excluding hydrogens is 290 g/mol. The van der Waals surface area contributed by atoms with Gasteiger partial charge >= 0.3 is 0 Å². The highest BCUT2D eigenvalue weighted by atomic mass is 16.4. The van der Waals surface area contributed by atoms with Gasteiger partial charge in [0.15, 0.2) is 0 Å². The summed E-state index contributed by atoms with van der Waals surface area (Å²) < 4.78 is 5.85. The van der Waals surface area contributed by atoms with Gasteiger partial charge in [0.05, 0.1) is 18.2 Å². The van der Waals surface area contributed by atoms with Crippen LogP contribution in [0.4, 0.5) is 5.82 Å². The van der Waals surface area contributed by atoms with Crippen molar-refractivity contribution in [1.82, 2.24) is 15.0 Å². The van der Waals surface area contributed by atoms with Crippen LogP contribution in [0.15, 0.2) is 47.1 Å². The molecule has 3 aromatic heterocycles. The predicted molar refractivity (Wildman–Crippen MR) is 83.4 cm³/mol. The molecule has 0 saturated carbocycles. The van der Waals surface area contributed by atoms with Crippen LogP contribution in [-0.2, 0) is 13.0 Å². The fraction of sp³-hybridized carbons (Fsp3) is 0.176. The summed E-state index contributed by atoms with van der Waals surface area (Å²) in [5.41, 5.74) is 2.24. The van der Waals surface area contributed by atoms with Crippen LogP contribution in [0.1, 0.15) is 17.0 Å². The van der Waals surface area contributed by atoms with Crippen molar-refractivity contribution in [1.29, 1.82) is 5.26 Å². The number of nitrogens with zero attached hydrogens (tertiary/aromatic N) is 5. The minimum absolute atomic E-state index is 0.552. The normalized spacial score (nSPS) is 13.4. The first kappa shape index (κ1) is 13.5. The molecule has 0 aromatic carbocycles. The van der Waals surface area contributed by atoms with Gasteiger partial charge in [0, 0.05) is 25.4 Å².